The highest BCUT2D eigenvalue weighted by molar-refractivity contribution is 5.61. The van der Waals surface area contributed by atoms with Crippen LogP contribution >= 0.6 is 0 Å². The molecule has 4 heteroatoms. The van der Waals surface area contributed by atoms with Gasteiger partial charge in [-0.05, 0) is 25.5 Å². The molecule has 1 aromatic heterocycles. The van der Waals surface area contributed by atoms with E-state index in [2.05, 4.69) is 17.2 Å². The molecule has 0 aromatic carbocycles. The van der Waals surface area contributed by atoms with Crippen LogP contribution in [0.3, 0.4) is 0 Å². The second-order valence-corrected chi connectivity index (χ2v) is 3.60. The SMILES string of the molecule is CCC(COC)Nc1nc(C)ccc1N. The largest absolute Gasteiger partial charge is 0.396 e. The van der Waals surface area contributed by atoms with Gasteiger partial charge >= 0.3 is 0 Å². The smallest absolute Gasteiger partial charge is 0.149 e. The summed E-state index contributed by atoms with van der Waals surface area (Å²) in [6.07, 6.45) is 0.975. The van der Waals surface area contributed by atoms with E-state index in [-0.39, 0.29) is 6.04 Å². The first-order valence-electron chi connectivity index (χ1n) is 5.16. The minimum absolute atomic E-state index is 0.256. The molecular formula is C11H19N3O. The molecule has 3 N–H and O–H groups in total. The molecule has 0 saturated carbocycles. The van der Waals surface area contributed by atoms with E-state index in [4.69, 9.17) is 10.5 Å². The summed E-state index contributed by atoms with van der Waals surface area (Å²) in [4.78, 5) is 4.35. The number of hydrogen-bond acceptors (Lipinski definition) is 4. The molecule has 1 atom stereocenters. The number of ether oxygens (including phenoxy) is 1. The maximum Gasteiger partial charge on any atom is 0.149 e. The van der Waals surface area contributed by atoms with Crippen LogP contribution in [0.2, 0.25) is 0 Å². The predicted molar refractivity (Wildman–Crippen MR) is 63.0 cm³/mol. The van der Waals surface area contributed by atoms with Crippen LogP contribution in [0.4, 0.5) is 11.5 Å². The number of aromatic nitrogens is 1. The van der Waals surface area contributed by atoms with Gasteiger partial charge in [-0.15, -0.1) is 0 Å². The minimum atomic E-state index is 0.256. The van der Waals surface area contributed by atoms with Crippen LogP contribution in [0, 0.1) is 6.92 Å². The van der Waals surface area contributed by atoms with Crippen LogP contribution in [0.15, 0.2) is 12.1 Å². The van der Waals surface area contributed by atoms with Gasteiger partial charge in [0.05, 0.1) is 18.3 Å². The lowest BCUT2D eigenvalue weighted by Gasteiger charge is -2.17. The van der Waals surface area contributed by atoms with Gasteiger partial charge in [-0.25, -0.2) is 4.98 Å². The van der Waals surface area contributed by atoms with Gasteiger partial charge in [-0.1, -0.05) is 6.92 Å². The fourth-order valence-electron chi connectivity index (χ4n) is 1.34. The lowest BCUT2D eigenvalue weighted by atomic mass is 10.2. The number of rotatable bonds is 5. The van der Waals surface area contributed by atoms with E-state index in [1.165, 1.54) is 0 Å². The Hall–Kier alpha value is -1.29. The third-order valence-corrected chi connectivity index (χ3v) is 2.27. The molecule has 0 aliphatic rings. The second kappa shape index (κ2) is 5.56. The maximum absolute atomic E-state index is 5.82. The third-order valence-electron chi connectivity index (χ3n) is 2.27. The summed E-state index contributed by atoms with van der Waals surface area (Å²) in [5, 5.41) is 3.28. The van der Waals surface area contributed by atoms with E-state index < -0.39 is 0 Å². The number of nitrogens with zero attached hydrogens (tertiary/aromatic N) is 1. The second-order valence-electron chi connectivity index (χ2n) is 3.60. The lowest BCUT2D eigenvalue weighted by Crippen LogP contribution is -2.25. The van der Waals surface area contributed by atoms with Gasteiger partial charge in [0.1, 0.15) is 5.82 Å². The van der Waals surface area contributed by atoms with Crippen molar-refractivity contribution in [1.29, 1.82) is 0 Å². The standard InChI is InChI=1S/C11H19N3O/c1-4-9(7-15-3)14-11-10(12)6-5-8(2)13-11/h5-6,9H,4,7,12H2,1-3H3,(H,13,14). The van der Waals surface area contributed by atoms with Crippen molar-refractivity contribution in [1.82, 2.24) is 4.98 Å². The fourth-order valence-corrected chi connectivity index (χ4v) is 1.34. The number of hydrogen-bond donors (Lipinski definition) is 2. The van der Waals surface area contributed by atoms with Crippen molar-refractivity contribution in [3.8, 4) is 0 Å². The van der Waals surface area contributed by atoms with Crippen molar-refractivity contribution >= 4 is 11.5 Å². The number of nitrogens with one attached hydrogen (secondary N) is 1. The van der Waals surface area contributed by atoms with Crippen LogP contribution in [0.5, 0.6) is 0 Å². The van der Waals surface area contributed by atoms with Crippen LogP contribution in [0.25, 0.3) is 0 Å². The lowest BCUT2D eigenvalue weighted by molar-refractivity contribution is 0.184. The third kappa shape index (κ3) is 3.40. The van der Waals surface area contributed by atoms with E-state index in [1.54, 1.807) is 7.11 Å². The summed E-state index contributed by atoms with van der Waals surface area (Å²) in [5.74, 6) is 0.749. The van der Waals surface area contributed by atoms with Crippen molar-refractivity contribution in [3.63, 3.8) is 0 Å². The number of nitrogens with two attached hydrogens (primary N) is 1. The quantitative estimate of drug-likeness (QED) is 0.776. The van der Waals surface area contributed by atoms with Gasteiger partial charge in [0.25, 0.3) is 0 Å². The first-order chi connectivity index (χ1) is 7.17. The molecule has 84 valence electrons. The molecule has 0 saturated heterocycles. The summed E-state index contributed by atoms with van der Waals surface area (Å²) < 4.78 is 5.11. The van der Waals surface area contributed by atoms with Crippen LogP contribution in [-0.4, -0.2) is 24.7 Å². The molecule has 0 spiro atoms. The normalized spacial score (nSPS) is 12.5. The van der Waals surface area contributed by atoms with Gasteiger partial charge in [0.2, 0.25) is 0 Å². The van der Waals surface area contributed by atoms with E-state index >= 15 is 0 Å². The average molecular weight is 209 g/mol. The van der Waals surface area contributed by atoms with Crippen molar-refractivity contribution in [2.45, 2.75) is 26.3 Å². The van der Waals surface area contributed by atoms with E-state index in [0.717, 1.165) is 17.9 Å². The summed E-state index contributed by atoms with van der Waals surface area (Å²) >= 11 is 0. The van der Waals surface area contributed by atoms with Gasteiger partial charge < -0.3 is 15.8 Å². The summed E-state index contributed by atoms with van der Waals surface area (Å²) in [5.41, 5.74) is 7.46. The predicted octanol–water partition coefficient (Wildman–Crippen LogP) is 1.81. The van der Waals surface area contributed by atoms with Crippen molar-refractivity contribution in [2.75, 3.05) is 24.8 Å². The topological polar surface area (TPSA) is 60.2 Å². The van der Waals surface area contributed by atoms with Crippen molar-refractivity contribution < 1.29 is 4.74 Å². The summed E-state index contributed by atoms with van der Waals surface area (Å²) in [7, 11) is 1.69. The molecule has 1 rings (SSSR count). The molecule has 0 bridgehead atoms. The summed E-state index contributed by atoms with van der Waals surface area (Å²) in [6, 6.07) is 4.02. The Kier molecular flexibility index (Phi) is 4.37. The zero-order valence-corrected chi connectivity index (χ0v) is 9.58. The first-order valence-corrected chi connectivity index (χ1v) is 5.16. The molecule has 0 aliphatic heterocycles. The van der Waals surface area contributed by atoms with Gasteiger partial charge in [-0.2, -0.15) is 0 Å². The number of nitrogen functional groups attached to an aromatic ring is 1. The molecule has 4 nitrogen and oxygen atoms in total. The van der Waals surface area contributed by atoms with Crippen molar-refractivity contribution in [3.05, 3.63) is 17.8 Å². The Morgan fingerprint density at radius 3 is 2.87 bits per heavy atom. The number of methoxy groups -OCH3 is 1. The highest BCUT2D eigenvalue weighted by atomic mass is 16.5. The van der Waals surface area contributed by atoms with Crippen LogP contribution in [0.1, 0.15) is 19.0 Å². The van der Waals surface area contributed by atoms with Gasteiger partial charge in [-0.3, -0.25) is 0 Å². The fraction of sp³-hybridized carbons (Fsp3) is 0.545. The molecule has 0 fully saturated rings. The maximum atomic E-state index is 5.82. The number of pyridine rings is 1. The highest BCUT2D eigenvalue weighted by Crippen LogP contribution is 2.17. The molecule has 0 aliphatic carbocycles. The Morgan fingerprint density at radius 2 is 2.27 bits per heavy atom. The molecule has 15 heavy (non-hydrogen) atoms. The molecule has 0 amide bonds. The van der Waals surface area contributed by atoms with E-state index in [1.807, 2.05) is 19.1 Å². The number of anilines is 2. The van der Waals surface area contributed by atoms with E-state index in [0.29, 0.717) is 12.3 Å². The molecule has 0 radical (unpaired) electrons. The molecule has 1 heterocycles. The minimum Gasteiger partial charge on any atom is -0.396 e. The highest BCUT2D eigenvalue weighted by Gasteiger charge is 2.08. The first kappa shape index (κ1) is 11.8. The molecule has 1 aromatic rings. The zero-order chi connectivity index (χ0) is 11.3. The average Bonchev–Trinajstić information content (AvgIpc) is 2.22. The Labute approximate surface area is 90.8 Å². The van der Waals surface area contributed by atoms with Gasteiger partial charge in [0, 0.05) is 12.8 Å². The van der Waals surface area contributed by atoms with Crippen molar-refractivity contribution in [2.24, 2.45) is 0 Å². The Bertz CT molecular complexity index is 315. The molecular weight excluding hydrogens is 190 g/mol. The Balaban J connectivity index is 2.73. The van der Waals surface area contributed by atoms with Gasteiger partial charge in [0.15, 0.2) is 0 Å². The van der Waals surface area contributed by atoms with Crippen LogP contribution < -0.4 is 11.1 Å². The number of aryl methyl sites for hydroxylation is 1. The zero-order valence-electron chi connectivity index (χ0n) is 9.58. The summed E-state index contributed by atoms with van der Waals surface area (Å²) in [6.45, 7) is 4.70. The van der Waals surface area contributed by atoms with Crippen LogP contribution in [-0.2, 0) is 4.74 Å². The van der Waals surface area contributed by atoms with E-state index in [9.17, 15) is 0 Å². The monoisotopic (exact) mass is 209 g/mol. The molecule has 1 unspecified atom stereocenters. The Morgan fingerprint density at radius 1 is 1.53 bits per heavy atom.